The van der Waals surface area contributed by atoms with Gasteiger partial charge in [-0.2, -0.15) is 0 Å². The average Bonchev–Trinajstić information content (AvgIpc) is 3.12. The monoisotopic (exact) mass is 466 g/mol. The first kappa shape index (κ1) is 22.3. The van der Waals surface area contributed by atoms with Crippen LogP contribution in [0.4, 0.5) is 0 Å². The first-order chi connectivity index (χ1) is 15.0. The number of imidazole rings is 1. The first-order valence-electron chi connectivity index (χ1n) is 9.79. The molecule has 1 aromatic heterocycles. The molecule has 8 nitrogen and oxygen atoms in total. The highest BCUT2D eigenvalue weighted by molar-refractivity contribution is 7.99. The van der Waals surface area contributed by atoms with Crippen molar-refractivity contribution < 1.29 is 29.9 Å². The predicted molar refractivity (Wildman–Crippen MR) is 116 cm³/mol. The topological polar surface area (TPSA) is 117 Å². The lowest BCUT2D eigenvalue weighted by molar-refractivity contribution is -0.205. The van der Waals surface area contributed by atoms with Crippen molar-refractivity contribution in [3.05, 3.63) is 53.6 Å². The molecule has 0 radical (unpaired) electrons. The molecule has 1 aliphatic rings. The highest BCUT2D eigenvalue weighted by Crippen LogP contribution is 2.34. The fourth-order valence-corrected chi connectivity index (χ4v) is 4.80. The van der Waals surface area contributed by atoms with Crippen LogP contribution >= 0.6 is 23.4 Å². The summed E-state index contributed by atoms with van der Waals surface area (Å²) in [5.74, 6) is 0.580. The Morgan fingerprint density at radius 1 is 1.03 bits per heavy atom. The molecule has 31 heavy (non-hydrogen) atoms. The molecule has 4 N–H and O–H groups in total. The molecule has 0 aliphatic carbocycles. The van der Waals surface area contributed by atoms with Gasteiger partial charge in [0.1, 0.15) is 42.2 Å². The van der Waals surface area contributed by atoms with Gasteiger partial charge in [-0.1, -0.05) is 47.6 Å². The minimum atomic E-state index is -1.44. The molecule has 5 unspecified atom stereocenters. The maximum absolute atomic E-state index is 10.4. The summed E-state index contributed by atoms with van der Waals surface area (Å²) in [7, 11) is 0. The van der Waals surface area contributed by atoms with Crippen molar-refractivity contribution >= 4 is 34.4 Å². The molecule has 1 fully saturated rings. The van der Waals surface area contributed by atoms with Crippen molar-refractivity contribution in [3.8, 4) is 5.75 Å². The molecular formula is C21H23ClN2O6S. The fraction of sp³-hybridized carbons (Fsp3) is 0.381. The fourth-order valence-electron chi connectivity index (χ4n) is 3.44. The lowest BCUT2D eigenvalue weighted by atomic mass is 10.0. The predicted octanol–water partition coefficient (Wildman–Crippen LogP) is 1.66. The molecule has 0 bridgehead atoms. The van der Waals surface area contributed by atoms with Gasteiger partial charge in [0, 0.05) is 0 Å². The maximum Gasteiger partial charge on any atom is 0.171 e. The van der Waals surface area contributed by atoms with Crippen LogP contribution in [-0.2, 0) is 11.3 Å². The van der Waals surface area contributed by atoms with Crippen molar-refractivity contribution in [2.24, 2.45) is 0 Å². The number of thioether (sulfide) groups is 1. The second kappa shape index (κ2) is 9.74. The van der Waals surface area contributed by atoms with Gasteiger partial charge in [0.2, 0.25) is 0 Å². The van der Waals surface area contributed by atoms with E-state index in [1.807, 2.05) is 41.0 Å². The van der Waals surface area contributed by atoms with E-state index in [4.69, 9.17) is 21.1 Å². The van der Waals surface area contributed by atoms with Crippen LogP contribution in [0.5, 0.6) is 5.75 Å². The van der Waals surface area contributed by atoms with E-state index >= 15 is 0 Å². The van der Waals surface area contributed by atoms with Gasteiger partial charge < -0.3 is 34.5 Å². The van der Waals surface area contributed by atoms with Crippen molar-refractivity contribution in [3.63, 3.8) is 0 Å². The molecule has 2 heterocycles. The van der Waals surface area contributed by atoms with E-state index in [0.29, 0.717) is 29.1 Å². The third-order valence-electron chi connectivity index (χ3n) is 5.10. The van der Waals surface area contributed by atoms with Gasteiger partial charge in [0.25, 0.3) is 0 Å². The van der Waals surface area contributed by atoms with Crippen molar-refractivity contribution in [1.82, 2.24) is 9.55 Å². The largest absolute Gasteiger partial charge is 0.490 e. The summed E-state index contributed by atoms with van der Waals surface area (Å²) in [4.78, 5) is 4.63. The van der Waals surface area contributed by atoms with E-state index < -0.39 is 36.5 Å². The Labute approximate surface area is 188 Å². The van der Waals surface area contributed by atoms with E-state index in [1.54, 1.807) is 12.1 Å². The van der Waals surface area contributed by atoms with Crippen LogP contribution in [0, 0.1) is 0 Å². The smallest absolute Gasteiger partial charge is 0.171 e. The summed E-state index contributed by atoms with van der Waals surface area (Å²) in [6, 6.07) is 14.8. The Morgan fingerprint density at radius 3 is 2.55 bits per heavy atom. The molecule has 2 aromatic carbocycles. The third-order valence-corrected chi connectivity index (χ3v) is 6.56. The van der Waals surface area contributed by atoms with Crippen LogP contribution in [0.25, 0.3) is 11.0 Å². The summed E-state index contributed by atoms with van der Waals surface area (Å²) >= 11 is 7.27. The molecule has 3 aromatic rings. The lowest BCUT2D eigenvalue weighted by Gasteiger charge is -2.39. The van der Waals surface area contributed by atoms with Crippen molar-refractivity contribution in [2.45, 2.75) is 41.6 Å². The Hall–Kier alpha value is -1.85. The molecule has 0 saturated carbocycles. The minimum absolute atomic E-state index is 0.326. The summed E-state index contributed by atoms with van der Waals surface area (Å²) in [6.45, 7) is 0.294. The Bertz CT molecular complexity index is 1030. The number of fused-ring (bicyclic) bond motifs is 1. The van der Waals surface area contributed by atoms with Gasteiger partial charge in [-0.25, -0.2) is 4.98 Å². The van der Waals surface area contributed by atoms with Gasteiger partial charge >= 0.3 is 0 Å². The van der Waals surface area contributed by atoms with E-state index in [1.165, 1.54) is 0 Å². The zero-order valence-electron chi connectivity index (χ0n) is 16.4. The van der Waals surface area contributed by atoms with E-state index in [9.17, 15) is 20.4 Å². The lowest BCUT2D eigenvalue weighted by Crippen LogP contribution is -2.57. The Balaban J connectivity index is 1.55. The van der Waals surface area contributed by atoms with Crippen LogP contribution in [0.3, 0.4) is 0 Å². The molecule has 1 aliphatic heterocycles. The quantitative estimate of drug-likeness (QED) is 0.415. The second-order valence-corrected chi connectivity index (χ2v) is 8.60. The van der Waals surface area contributed by atoms with Gasteiger partial charge in [0.05, 0.1) is 29.2 Å². The number of hydrogen-bond acceptors (Lipinski definition) is 8. The van der Waals surface area contributed by atoms with Gasteiger partial charge in [0.15, 0.2) is 5.16 Å². The number of nitrogens with zero attached hydrogens (tertiary/aromatic N) is 2. The number of hydrogen-bond donors (Lipinski definition) is 4. The van der Waals surface area contributed by atoms with Gasteiger partial charge in [-0.3, -0.25) is 0 Å². The van der Waals surface area contributed by atoms with Crippen molar-refractivity contribution in [2.75, 3.05) is 13.2 Å². The van der Waals surface area contributed by atoms with Gasteiger partial charge in [-0.05, 0) is 24.3 Å². The number of halogens is 1. The summed E-state index contributed by atoms with van der Waals surface area (Å²) < 4.78 is 13.4. The first-order valence-corrected chi connectivity index (χ1v) is 11.0. The number of rotatable bonds is 7. The molecule has 4 rings (SSSR count). The summed E-state index contributed by atoms with van der Waals surface area (Å²) in [6.07, 6.45) is -5.17. The Morgan fingerprint density at radius 2 is 1.77 bits per heavy atom. The highest BCUT2D eigenvalue weighted by atomic mass is 35.5. The molecule has 1 saturated heterocycles. The van der Waals surface area contributed by atoms with Crippen molar-refractivity contribution in [1.29, 1.82) is 0 Å². The maximum atomic E-state index is 10.4. The molecular weight excluding hydrogens is 444 g/mol. The highest BCUT2D eigenvalue weighted by Gasteiger charge is 2.44. The Kier molecular flexibility index (Phi) is 7.02. The van der Waals surface area contributed by atoms with E-state index in [-0.39, 0.29) is 0 Å². The number of aromatic nitrogens is 2. The normalized spacial score (nSPS) is 26.3. The number of ether oxygens (including phenoxy) is 2. The third kappa shape index (κ3) is 4.68. The number of benzene rings is 2. The standard InChI is InChI=1S/C21H23ClN2O6S/c22-12-5-1-4-8-15(12)29-10-9-24-14-7-3-2-6-13(14)23-21(24)31-20-19(28)18(27)17(26)16(11-25)30-20/h1-8,16-20,25-28H,9-11H2. The molecule has 0 spiro atoms. The summed E-state index contributed by atoms with van der Waals surface area (Å²) in [5.41, 5.74) is 0.709. The molecule has 0 amide bonds. The van der Waals surface area contributed by atoms with Gasteiger partial charge in [-0.15, -0.1) is 0 Å². The van der Waals surface area contributed by atoms with Crippen LogP contribution in [0.15, 0.2) is 53.7 Å². The minimum Gasteiger partial charge on any atom is -0.490 e. The molecule has 5 atom stereocenters. The average molecular weight is 467 g/mol. The zero-order valence-corrected chi connectivity index (χ0v) is 18.0. The molecule has 10 heteroatoms. The van der Waals surface area contributed by atoms with E-state index in [0.717, 1.165) is 22.8 Å². The summed E-state index contributed by atoms with van der Waals surface area (Å²) in [5, 5.41) is 41.0. The number of aliphatic hydroxyl groups excluding tert-OH is 4. The van der Waals surface area contributed by atoms with Crippen LogP contribution in [0.2, 0.25) is 5.02 Å². The molecule has 166 valence electrons. The number of para-hydroxylation sites is 3. The SMILES string of the molecule is OCC1OC(Sc2nc3ccccc3n2CCOc2ccccc2Cl)C(O)C(O)C1O. The zero-order chi connectivity index (χ0) is 22.0. The van der Waals surface area contributed by atoms with Crippen LogP contribution in [-0.4, -0.2) is 73.0 Å². The van der Waals surface area contributed by atoms with Crippen LogP contribution in [0.1, 0.15) is 0 Å². The van der Waals surface area contributed by atoms with Crippen LogP contribution < -0.4 is 4.74 Å². The number of aliphatic hydroxyl groups is 4. The van der Waals surface area contributed by atoms with E-state index in [2.05, 4.69) is 4.98 Å². The second-order valence-electron chi connectivity index (χ2n) is 7.13.